The molecular formula is C16H18N2O3. The largest absolute Gasteiger partial charge is 0.508 e. The topological polar surface area (TPSA) is 81.6 Å². The fourth-order valence-electron chi connectivity index (χ4n) is 1.93. The van der Waals surface area contributed by atoms with Crippen LogP contribution in [0.1, 0.15) is 17.2 Å². The summed E-state index contributed by atoms with van der Waals surface area (Å²) in [5, 5.41) is 24.0. The molecule has 21 heavy (non-hydrogen) atoms. The van der Waals surface area contributed by atoms with Crippen molar-refractivity contribution in [2.75, 3.05) is 6.61 Å². The van der Waals surface area contributed by atoms with Crippen molar-refractivity contribution in [1.29, 1.82) is 0 Å². The molecule has 0 radical (unpaired) electrons. The van der Waals surface area contributed by atoms with Crippen molar-refractivity contribution in [3.63, 3.8) is 0 Å². The Labute approximate surface area is 123 Å². The molecule has 2 amide bonds. The Kier molecular flexibility index (Phi) is 5.17. The molecule has 0 bridgehead atoms. The van der Waals surface area contributed by atoms with E-state index in [0.717, 1.165) is 11.1 Å². The smallest absolute Gasteiger partial charge is 0.315 e. The van der Waals surface area contributed by atoms with E-state index >= 15 is 0 Å². The van der Waals surface area contributed by atoms with Gasteiger partial charge >= 0.3 is 6.03 Å². The molecular weight excluding hydrogens is 268 g/mol. The Bertz CT molecular complexity index is 570. The van der Waals surface area contributed by atoms with Gasteiger partial charge in [0.1, 0.15) is 5.75 Å². The normalized spacial score (nSPS) is 11.7. The molecule has 0 aliphatic carbocycles. The van der Waals surface area contributed by atoms with E-state index in [0.29, 0.717) is 6.54 Å². The van der Waals surface area contributed by atoms with Crippen LogP contribution in [0.3, 0.4) is 0 Å². The number of nitrogens with one attached hydrogen (secondary N) is 2. The first-order valence-corrected chi connectivity index (χ1v) is 6.67. The van der Waals surface area contributed by atoms with E-state index in [9.17, 15) is 15.0 Å². The van der Waals surface area contributed by atoms with Crippen molar-refractivity contribution >= 4 is 6.03 Å². The van der Waals surface area contributed by atoms with Gasteiger partial charge in [0.05, 0.1) is 12.6 Å². The highest BCUT2D eigenvalue weighted by atomic mass is 16.3. The van der Waals surface area contributed by atoms with Crippen molar-refractivity contribution in [2.45, 2.75) is 12.6 Å². The van der Waals surface area contributed by atoms with Gasteiger partial charge in [0.25, 0.3) is 0 Å². The number of aliphatic hydroxyl groups excluding tert-OH is 1. The molecule has 0 fully saturated rings. The summed E-state index contributed by atoms with van der Waals surface area (Å²) in [7, 11) is 0. The van der Waals surface area contributed by atoms with Crippen LogP contribution in [0.5, 0.6) is 5.75 Å². The molecule has 0 aliphatic rings. The van der Waals surface area contributed by atoms with Gasteiger partial charge in [-0.05, 0) is 23.3 Å². The number of rotatable bonds is 5. The van der Waals surface area contributed by atoms with Crippen LogP contribution >= 0.6 is 0 Å². The number of carbonyl (C=O) groups is 1. The number of aliphatic hydroxyl groups is 1. The average molecular weight is 286 g/mol. The van der Waals surface area contributed by atoms with Gasteiger partial charge in [-0.3, -0.25) is 0 Å². The van der Waals surface area contributed by atoms with E-state index in [2.05, 4.69) is 10.6 Å². The zero-order valence-electron chi connectivity index (χ0n) is 11.5. The van der Waals surface area contributed by atoms with Crippen molar-refractivity contribution < 1.29 is 15.0 Å². The second-order valence-corrected chi connectivity index (χ2v) is 4.64. The lowest BCUT2D eigenvalue weighted by Crippen LogP contribution is -2.38. The standard InChI is InChI=1S/C16H18N2O3/c19-11-15(13-4-2-1-3-5-13)18-16(21)17-10-12-6-8-14(20)9-7-12/h1-9,15,19-20H,10-11H2,(H2,17,18,21). The van der Waals surface area contributed by atoms with E-state index in [4.69, 9.17) is 0 Å². The lowest BCUT2D eigenvalue weighted by Gasteiger charge is -2.17. The molecule has 0 aromatic heterocycles. The fourth-order valence-corrected chi connectivity index (χ4v) is 1.93. The first-order valence-electron chi connectivity index (χ1n) is 6.67. The molecule has 2 aromatic rings. The molecule has 5 nitrogen and oxygen atoms in total. The van der Waals surface area contributed by atoms with Gasteiger partial charge in [0.2, 0.25) is 0 Å². The molecule has 0 spiro atoms. The summed E-state index contributed by atoms with van der Waals surface area (Å²) in [5.41, 5.74) is 1.72. The van der Waals surface area contributed by atoms with Crippen molar-refractivity contribution in [3.8, 4) is 5.75 Å². The van der Waals surface area contributed by atoms with Crippen LogP contribution < -0.4 is 10.6 Å². The molecule has 2 aromatic carbocycles. The van der Waals surface area contributed by atoms with E-state index in [-0.39, 0.29) is 18.4 Å². The van der Waals surface area contributed by atoms with Crippen molar-refractivity contribution in [2.24, 2.45) is 0 Å². The summed E-state index contributed by atoms with van der Waals surface area (Å²) in [6, 6.07) is 15.1. The fraction of sp³-hybridized carbons (Fsp3) is 0.188. The molecule has 5 heteroatoms. The Morgan fingerprint density at radius 2 is 1.71 bits per heavy atom. The van der Waals surface area contributed by atoms with E-state index in [1.807, 2.05) is 30.3 Å². The van der Waals surface area contributed by atoms with Gasteiger partial charge in [0, 0.05) is 6.54 Å². The third-order valence-corrected chi connectivity index (χ3v) is 3.08. The van der Waals surface area contributed by atoms with Gasteiger partial charge in [-0.25, -0.2) is 4.79 Å². The third kappa shape index (κ3) is 4.50. The van der Waals surface area contributed by atoms with Crippen LogP contribution in [-0.4, -0.2) is 22.9 Å². The molecule has 0 saturated carbocycles. The van der Waals surface area contributed by atoms with Gasteiger partial charge in [-0.15, -0.1) is 0 Å². The van der Waals surface area contributed by atoms with Crippen LogP contribution in [0.4, 0.5) is 4.79 Å². The Hall–Kier alpha value is -2.53. The highest BCUT2D eigenvalue weighted by molar-refractivity contribution is 5.74. The van der Waals surface area contributed by atoms with Crippen LogP contribution in [0, 0.1) is 0 Å². The Morgan fingerprint density at radius 3 is 2.33 bits per heavy atom. The summed E-state index contributed by atoms with van der Waals surface area (Å²) >= 11 is 0. The van der Waals surface area contributed by atoms with E-state index in [1.54, 1.807) is 24.3 Å². The van der Waals surface area contributed by atoms with Crippen LogP contribution in [0.2, 0.25) is 0 Å². The number of carbonyl (C=O) groups excluding carboxylic acids is 1. The molecule has 2 rings (SSSR count). The zero-order valence-corrected chi connectivity index (χ0v) is 11.5. The molecule has 0 saturated heterocycles. The number of hydrogen-bond donors (Lipinski definition) is 4. The Morgan fingerprint density at radius 1 is 1.05 bits per heavy atom. The lowest BCUT2D eigenvalue weighted by atomic mass is 10.1. The highest BCUT2D eigenvalue weighted by Gasteiger charge is 2.12. The first kappa shape index (κ1) is 14.9. The summed E-state index contributed by atoms with van der Waals surface area (Å²) < 4.78 is 0. The molecule has 0 aliphatic heterocycles. The molecule has 1 atom stereocenters. The monoisotopic (exact) mass is 286 g/mol. The van der Waals surface area contributed by atoms with Gasteiger partial charge in [-0.2, -0.15) is 0 Å². The number of phenolic OH excluding ortho intramolecular Hbond substituents is 1. The molecule has 110 valence electrons. The number of hydrogen-bond acceptors (Lipinski definition) is 3. The van der Waals surface area contributed by atoms with Crippen molar-refractivity contribution in [1.82, 2.24) is 10.6 Å². The van der Waals surface area contributed by atoms with Crippen LogP contribution in [-0.2, 0) is 6.54 Å². The molecule has 0 heterocycles. The number of urea groups is 1. The molecule has 1 unspecified atom stereocenters. The zero-order chi connectivity index (χ0) is 15.1. The number of phenols is 1. The summed E-state index contributed by atoms with van der Waals surface area (Å²) in [6.45, 7) is 0.176. The minimum absolute atomic E-state index is 0.170. The summed E-state index contributed by atoms with van der Waals surface area (Å²) in [4.78, 5) is 11.8. The SMILES string of the molecule is O=C(NCc1ccc(O)cc1)NC(CO)c1ccccc1. The van der Waals surface area contributed by atoms with Crippen LogP contribution in [0.15, 0.2) is 54.6 Å². The predicted octanol–water partition coefficient (Wildman–Crippen LogP) is 1.93. The third-order valence-electron chi connectivity index (χ3n) is 3.08. The average Bonchev–Trinajstić information content (AvgIpc) is 2.53. The first-order chi connectivity index (χ1) is 10.2. The predicted molar refractivity (Wildman–Crippen MR) is 79.7 cm³/mol. The van der Waals surface area contributed by atoms with Crippen molar-refractivity contribution in [3.05, 3.63) is 65.7 Å². The number of amides is 2. The maximum atomic E-state index is 11.8. The minimum Gasteiger partial charge on any atom is -0.508 e. The quantitative estimate of drug-likeness (QED) is 0.678. The van der Waals surface area contributed by atoms with Gasteiger partial charge < -0.3 is 20.8 Å². The van der Waals surface area contributed by atoms with Gasteiger partial charge in [0.15, 0.2) is 0 Å². The molecule has 4 N–H and O–H groups in total. The highest BCUT2D eigenvalue weighted by Crippen LogP contribution is 2.12. The maximum absolute atomic E-state index is 11.8. The second-order valence-electron chi connectivity index (χ2n) is 4.64. The summed E-state index contributed by atoms with van der Waals surface area (Å²) in [5.74, 6) is 0.188. The number of aromatic hydroxyl groups is 1. The minimum atomic E-state index is -0.439. The lowest BCUT2D eigenvalue weighted by molar-refractivity contribution is 0.216. The Balaban J connectivity index is 1.87. The second kappa shape index (κ2) is 7.31. The van der Waals surface area contributed by atoms with E-state index < -0.39 is 6.04 Å². The summed E-state index contributed by atoms with van der Waals surface area (Å²) in [6.07, 6.45) is 0. The van der Waals surface area contributed by atoms with Crippen LogP contribution in [0.25, 0.3) is 0 Å². The number of benzene rings is 2. The van der Waals surface area contributed by atoms with Gasteiger partial charge in [-0.1, -0.05) is 42.5 Å². The maximum Gasteiger partial charge on any atom is 0.315 e. The van der Waals surface area contributed by atoms with E-state index in [1.165, 1.54) is 0 Å².